The molecule has 1 aliphatic heterocycles. The van der Waals surface area contributed by atoms with Gasteiger partial charge in [-0.1, -0.05) is 30.3 Å². The zero-order chi connectivity index (χ0) is 19.4. The molecule has 0 fully saturated rings. The summed E-state index contributed by atoms with van der Waals surface area (Å²) in [5, 5.41) is 0. The Bertz CT molecular complexity index is 790. The fourth-order valence-electron chi connectivity index (χ4n) is 3.61. The van der Waals surface area contributed by atoms with Gasteiger partial charge in [-0.15, -0.1) is 0 Å². The number of nitrogens with zero attached hydrogens (tertiary/aromatic N) is 2. The van der Waals surface area contributed by atoms with Gasteiger partial charge in [0.15, 0.2) is 11.5 Å². The molecule has 0 spiro atoms. The molecular weight excluding hydrogens is 340 g/mol. The third-order valence-electron chi connectivity index (χ3n) is 5.21. The summed E-state index contributed by atoms with van der Waals surface area (Å²) in [6, 6.07) is 14.0. The van der Waals surface area contributed by atoms with Crippen molar-refractivity contribution in [1.82, 2.24) is 9.80 Å². The average molecular weight is 368 g/mol. The number of methoxy groups -OCH3 is 2. The minimum absolute atomic E-state index is 0.171. The molecular formula is C22H28N2O3. The number of carbonyl (C=O) groups excluding carboxylic acids is 1. The van der Waals surface area contributed by atoms with Crippen molar-refractivity contribution in [2.45, 2.75) is 25.4 Å². The Hall–Kier alpha value is -2.53. The number of ether oxygens (including phenoxy) is 2. The molecule has 5 heteroatoms. The predicted molar refractivity (Wildman–Crippen MR) is 106 cm³/mol. The molecule has 0 radical (unpaired) electrons. The van der Waals surface area contributed by atoms with E-state index in [1.807, 2.05) is 54.2 Å². The molecule has 3 rings (SSSR count). The van der Waals surface area contributed by atoms with E-state index in [9.17, 15) is 4.79 Å². The second-order valence-electron chi connectivity index (χ2n) is 7.15. The number of amides is 1. The molecule has 0 saturated heterocycles. The number of fused-ring (bicyclic) bond motifs is 1. The van der Waals surface area contributed by atoms with Crippen LogP contribution in [0.25, 0.3) is 0 Å². The number of hydrogen-bond donors (Lipinski definition) is 0. The van der Waals surface area contributed by atoms with Crippen LogP contribution in [0.1, 0.15) is 16.7 Å². The second kappa shape index (κ2) is 8.44. The van der Waals surface area contributed by atoms with Crippen molar-refractivity contribution in [2.24, 2.45) is 0 Å². The summed E-state index contributed by atoms with van der Waals surface area (Å²) in [5.74, 6) is 1.62. The quantitative estimate of drug-likeness (QED) is 0.786. The van der Waals surface area contributed by atoms with Crippen LogP contribution in [0.2, 0.25) is 0 Å². The van der Waals surface area contributed by atoms with E-state index < -0.39 is 0 Å². The first-order valence-corrected chi connectivity index (χ1v) is 9.26. The molecule has 1 aliphatic rings. The summed E-state index contributed by atoms with van der Waals surface area (Å²) >= 11 is 0. The monoisotopic (exact) mass is 368 g/mol. The zero-order valence-corrected chi connectivity index (χ0v) is 16.6. The normalized spacial score (nSPS) is 14.6. The topological polar surface area (TPSA) is 42.0 Å². The molecule has 2 aromatic carbocycles. The predicted octanol–water partition coefficient (Wildman–Crippen LogP) is 2.76. The van der Waals surface area contributed by atoms with Crippen molar-refractivity contribution in [1.29, 1.82) is 0 Å². The summed E-state index contributed by atoms with van der Waals surface area (Å²) < 4.78 is 10.8. The minimum atomic E-state index is -0.172. The Balaban J connectivity index is 1.79. The number of carbonyl (C=O) groups is 1. The van der Waals surface area contributed by atoms with Gasteiger partial charge in [-0.25, -0.2) is 0 Å². The number of likely N-dealkylation sites (N-methyl/N-ethyl adjacent to an activating group) is 1. The van der Waals surface area contributed by atoms with Crippen molar-refractivity contribution in [3.8, 4) is 11.5 Å². The Kier molecular flexibility index (Phi) is 6.01. The van der Waals surface area contributed by atoms with E-state index in [1.54, 1.807) is 14.2 Å². The largest absolute Gasteiger partial charge is 0.493 e. The lowest BCUT2D eigenvalue weighted by molar-refractivity contribution is -0.137. The third kappa shape index (κ3) is 4.25. The molecule has 0 N–H and O–H groups in total. The van der Waals surface area contributed by atoms with E-state index >= 15 is 0 Å². The van der Waals surface area contributed by atoms with Crippen LogP contribution < -0.4 is 9.47 Å². The number of hydrogen-bond acceptors (Lipinski definition) is 4. The molecule has 5 nitrogen and oxygen atoms in total. The molecule has 0 bridgehead atoms. The van der Waals surface area contributed by atoms with Gasteiger partial charge in [0.1, 0.15) is 0 Å². The van der Waals surface area contributed by atoms with Crippen molar-refractivity contribution in [2.75, 3.05) is 34.9 Å². The molecule has 1 atom stereocenters. The standard InChI is InChI=1S/C22H28N2O3/c1-23(2)19(12-16-8-6-5-7-9-16)22(25)24-11-10-17-13-20(26-3)21(27-4)14-18(17)15-24/h5-9,13-14,19H,10-12,15H2,1-4H3/t19-/m0/s1. The molecule has 2 aromatic rings. The maximum atomic E-state index is 13.3. The van der Waals surface area contributed by atoms with Gasteiger partial charge < -0.3 is 14.4 Å². The maximum Gasteiger partial charge on any atom is 0.240 e. The molecule has 27 heavy (non-hydrogen) atoms. The zero-order valence-electron chi connectivity index (χ0n) is 16.6. The average Bonchev–Trinajstić information content (AvgIpc) is 2.70. The second-order valence-corrected chi connectivity index (χ2v) is 7.15. The van der Waals surface area contributed by atoms with Crippen molar-refractivity contribution in [3.63, 3.8) is 0 Å². The molecule has 1 heterocycles. The highest BCUT2D eigenvalue weighted by Gasteiger charge is 2.29. The molecule has 0 aliphatic carbocycles. The van der Waals surface area contributed by atoms with Crippen LogP contribution in [0.5, 0.6) is 11.5 Å². The molecule has 144 valence electrons. The summed E-state index contributed by atoms with van der Waals surface area (Å²) in [7, 11) is 7.22. The fraction of sp³-hybridized carbons (Fsp3) is 0.409. The highest BCUT2D eigenvalue weighted by Crippen LogP contribution is 2.33. The molecule has 0 saturated carbocycles. The van der Waals surface area contributed by atoms with Gasteiger partial charge in [0, 0.05) is 13.1 Å². The van der Waals surface area contributed by atoms with E-state index in [1.165, 1.54) is 11.1 Å². The summed E-state index contributed by atoms with van der Waals surface area (Å²) in [4.78, 5) is 17.2. The van der Waals surface area contributed by atoms with Crippen molar-refractivity contribution >= 4 is 5.91 Å². The minimum Gasteiger partial charge on any atom is -0.493 e. The Morgan fingerprint density at radius 2 is 1.70 bits per heavy atom. The van der Waals surface area contributed by atoms with Crippen LogP contribution in [-0.4, -0.2) is 56.6 Å². The first kappa shape index (κ1) is 19.2. The van der Waals surface area contributed by atoms with Crippen LogP contribution in [0.3, 0.4) is 0 Å². The van der Waals surface area contributed by atoms with Gasteiger partial charge in [0.05, 0.1) is 20.3 Å². The van der Waals surface area contributed by atoms with Gasteiger partial charge in [0.25, 0.3) is 0 Å². The van der Waals surface area contributed by atoms with Gasteiger partial charge >= 0.3 is 0 Å². The lowest BCUT2D eigenvalue weighted by Gasteiger charge is -2.34. The van der Waals surface area contributed by atoms with Gasteiger partial charge in [-0.05, 0) is 55.8 Å². The highest BCUT2D eigenvalue weighted by molar-refractivity contribution is 5.82. The van der Waals surface area contributed by atoms with E-state index in [2.05, 4.69) is 12.1 Å². The Morgan fingerprint density at radius 3 is 2.30 bits per heavy atom. The first-order chi connectivity index (χ1) is 13.0. The molecule has 1 amide bonds. The maximum absolute atomic E-state index is 13.3. The fourth-order valence-corrected chi connectivity index (χ4v) is 3.61. The lowest BCUT2D eigenvalue weighted by Crippen LogP contribution is -2.48. The van der Waals surface area contributed by atoms with E-state index in [0.29, 0.717) is 18.7 Å². The van der Waals surface area contributed by atoms with Crippen LogP contribution in [0.4, 0.5) is 0 Å². The van der Waals surface area contributed by atoms with Crippen LogP contribution in [-0.2, 0) is 24.2 Å². The first-order valence-electron chi connectivity index (χ1n) is 9.26. The smallest absolute Gasteiger partial charge is 0.240 e. The molecule has 0 unspecified atom stereocenters. The summed E-state index contributed by atoms with van der Waals surface area (Å²) in [6.07, 6.45) is 1.54. The Morgan fingerprint density at radius 1 is 1.07 bits per heavy atom. The van der Waals surface area contributed by atoms with Crippen molar-refractivity contribution < 1.29 is 14.3 Å². The van der Waals surface area contributed by atoms with E-state index in [4.69, 9.17) is 9.47 Å². The number of rotatable bonds is 6. The van der Waals surface area contributed by atoms with Gasteiger partial charge in [-0.2, -0.15) is 0 Å². The lowest BCUT2D eigenvalue weighted by atomic mass is 9.97. The third-order valence-corrected chi connectivity index (χ3v) is 5.21. The van der Waals surface area contributed by atoms with Gasteiger partial charge in [0.2, 0.25) is 5.91 Å². The van der Waals surface area contributed by atoms with E-state index in [-0.39, 0.29) is 11.9 Å². The molecule has 0 aromatic heterocycles. The van der Waals surface area contributed by atoms with Gasteiger partial charge in [-0.3, -0.25) is 9.69 Å². The number of benzene rings is 2. The van der Waals surface area contributed by atoms with Crippen molar-refractivity contribution in [3.05, 3.63) is 59.2 Å². The van der Waals surface area contributed by atoms with Crippen LogP contribution in [0.15, 0.2) is 42.5 Å². The highest BCUT2D eigenvalue weighted by atomic mass is 16.5. The Labute approximate surface area is 161 Å². The van der Waals surface area contributed by atoms with Crippen LogP contribution in [0, 0.1) is 0 Å². The summed E-state index contributed by atoms with van der Waals surface area (Å²) in [5.41, 5.74) is 3.53. The SMILES string of the molecule is COc1cc2c(cc1OC)CN(C(=O)[C@H](Cc1ccccc1)N(C)C)CC2. The summed E-state index contributed by atoms with van der Waals surface area (Å²) in [6.45, 7) is 1.33. The van der Waals surface area contributed by atoms with Crippen LogP contribution >= 0.6 is 0 Å². The van der Waals surface area contributed by atoms with E-state index in [0.717, 1.165) is 24.3 Å².